The number of amides is 1. The van der Waals surface area contributed by atoms with Crippen LogP contribution < -0.4 is 5.32 Å². The highest BCUT2D eigenvalue weighted by Crippen LogP contribution is 2.30. The third-order valence-electron chi connectivity index (χ3n) is 14.8. The number of hydrogen-bond donors (Lipinski definition) is 9. The predicted molar refractivity (Wildman–Crippen MR) is 341 cm³/mol. The van der Waals surface area contributed by atoms with Crippen molar-refractivity contribution in [1.82, 2.24) is 5.32 Å². The number of carbonyl (C=O) groups excluding carboxylic acids is 1. The van der Waals surface area contributed by atoms with Crippen molar-refractivity contribution in [3.05, 3.63) is 134 Å². The number of allylic oxidation sites excluding steroid dienone is 21. The third kappa shape index (κ3) is 37.6. The SMILES string of the molecule is CC/C=C\C/C=C\C/C=C\C/C=C\C/C=C\C/C=C\C/C=C\C/C=C\CCCCCCCCCCCCCCCCC(=O)NC(COC1OC(CO)C(OC2OC(CO)C(O)C(O)C2O)C(O)C1O)C(O)/C=C/CC/C=C/CC/C=C/CCC. The average molecular weight is 1180 g/mol. The van der Waals surface area contributed by atoms with Crippen LogP contribution in [-0.4, -0.2) is 140 Å². The summed E-state index contributed by atoms with van der Waals surface area (Å²) >= 11 is 0. The molecule has 2 rings (SSSR count). The van der Waals surface area contributed by atoms with E-state index in [2.05, 4.69) is 141 Å². The second-order valence-corrected chi connectivity index (χ2v) is 22.1. The molecular formula is C70H115NO13. The molecule has 12 atom stereocenters. The molecule has 84 heavy (non-hydrogen) atoms. The van der Waals surface area contributed by atoms with E-state index in [0.29, 0.717) is 12.8 Å². The predicted octanol–water partition coefficient (Wildman–Crippen LogP) is 12.3. The van der Waals surface area contributed by atoms with Gasteiger partial charge in [-0.05, 0) is 103 Å². The number of rotatable bonds is 50. The summed E-state index contributed by atoms with van der Waals surface area (Å²) in [6, 6.07) is -0.945. The van der Waals surface area contributed by atoms with Crippen molar-refractivity contribution >= 4 is 5.91 Å². The van der Waals surface area contributed by atoms with Gasteiger partial charge in [0.25, 0.3) is 0 Å². The summed E-state index contributed by atoms with van der Waals surface area (Å²) in [4.78, 5) is 13.2. The Morgan fingerprint density at radius 2 is 0.833 bits per heavy atom. The maximum Gasteiger partial charge on any atom is 0.220 e. The summed E-state index contributed by atoms with van der Waals surface area (Å²) < 4.78 is 22.7. The molecule has 0 aromatic carbocycles. The molecule has 14 nitrogen and oxygen atoms in total. The molecule has 0 aromatic heterocycles. The number of nitrogens with one attached hydrogen (secondary N) is 1. The zero-order chi connectivity index (χ0) is 60.9. The molecule has 2 heterocycles. The topological polar surface area (TPSA) is 228 Å². The lowest BCUT2D eigenvalue weighted by atomic mass is 9.97. The summed E-state index contributed by atoms with van der Waals surface area (Å²) in [6.07, 6.45) is 62.4. The Hall–Kier alpha value is -3.87. The van der Waals surface area contributed by atoms with E-state index in [-0.39, 0.29) is 18.9 Å². The van der Waals surface area contributed by atoms with Gasteiger partial charge in [-0.25, -0.2) is 0 Å². The average Bonchev–Trinajstić information content (AvgIpc) is 3.59. The molecule has 14 heteroatoms. The van der Waals surface area contributed by atoms with Gasteiger partial charge in [-0.15, -0.1) is 0 Å². The van der Waals surface area contributed by atoms with Gasteiger partial charge in [0.05, 0.1) is 32.0 Å². The van der Waals surface area contributed by atoms with E-state index < -0.39 is 86.8 Å². The van der Waals surface area contributed by atoms with Crippen molar-refractivity contribution < 1.29 is 64.6 Å². The van der Waals surface area contributed by atoms with E-state index in [4.69, 9.17) is 18.9 Å². The quantitative estimate of drug-likeness (QED) is 0.0204. The van der Waals surface area contributed by atoms with E-state index in [0.717, 1.165) is 109 Å². The van der Waals surface area contributed by atoms with E-state index in [9.17, 15) is 45.6 Å². The summed E-state index contributed by atoms with van der Waals surface area (Å²) in [5.41, 5.74) is 0. The number of aliphatic hydroxyl groups is 8. The van der Waals surface area contributed by atoms with Gasteiger partial charge in [0.1, 0.15) is 48.8 Å². The Morgan fingerprint density at radius 1 is 0.440 bits per heavy atom. The monoisotopic (exact) mass is 1180 g/mol. The van der Waals surface area contributed by atoms with Crippen LogP contribution >= 0.6 is 0 Å². The standard InChI is InChI=1S/C70H115NO13/c1-3-5-7-9-11-13-15-16-17-18-19-20-21-22-23-24-25-26-27-28-29-30-31-32-33-34-35-36-37-38-39-40-41-42-44-46-48-50-52-54-62(75)71-58(59(74)53-51-49-47-45-43-14-12-10-8-6-4-2)57-81-69-67(80)65(78)68(61(56-73)83-69)84-70-66(79)64(77)63(76)60(55-72)82-70/h5,7-8,10-11,13,16-17,19-20,22-23,25-26,28-29,31-32,43,45,51,53,58-61,63-70,72-74,76-80H,3-4,6,9,12,14-15,18,21,24,27,30,33-42,44,46-50,52,54-57H2,1-2H3,(H,71,75)/b7-5-,10-8+,13-11-,17-16-,20-19-,23-22-,26-25-,29-28-,32-31-,45-43+,53-51+. The Balaban J connectivity index is 1.59. The zero-order valence-corrected chi connectivity index (χ0v) is 51.6. The number of unbranched alkanes of at least 4 members (excludes halogenated alkanes) is 17. The third-order valence-corrected chi connectivity index (χ3v) is 14.8. The van der Waals surface area contributed by atoms with Crippen LogP contribution in [0.4, 0.5) is 0 Å². The highest BCUT2D eigenvalue weighted by molar-refractivity contribution is 5.76. The first-order chi connectivity index (χ1) is 41.1. The van der Waals surface area contributed by atoms with Gasteiger partial charge in [0.2, 0.25) is 5.91 Å². The van der Waals surface area contributed by atoms with Gasteiger partial charge in [-0.2, -0.15) is 0 Å². The number of carbonyl (C=O) groups is 1. The minimum Gasteiger partial charge on any atom is -0.394 e. The molecule has 0 spiro atoms. The Bertz CT molecular complexity index is 1920. The molecule has 12 unspecified atom stereocenters. The lowest BCUT2D eigenvalue weighted by Gasteiger charge is -2.46. The smallest absolute Gasteiger partial charge is 0.220 e. The van der Waals surface area contributed by atoms with Gasteiger partial charge in [0.15, 0.2) is 12.6 Å². The molecule has 2 fully saturated rings. The molecule has 0 aliphatic carbocycles. The first-order valence-corrected chi connectivity index (χ1v) is 32.4. The van der Waals surface area contributed by atoms with Gasteiger partial charge < -0.3 is 65.1 Å². The minimum atomic E-state index is -1.80. The first-order valence-electron chi connectivity index (χ1n) is 32.4. The molecule has 9 N–H and O–H groups in total. The summed E-state index contributed by atoms with van der Waals surface area (Å²) in [7, 11) is 0. The van der Waals surface area contributed by atoms with Crippen LogP contribution in [0.5, 0.6) is 0 Å². The zero-order valence-electron chi connectivity index (χ0n) is 51.6. The summed E-state index contributed by atoms with van der Waals surface area (Å²) in [5, 5.41) is 86.9. The second-order valence-electron chi connectivity index (χ2n) is 22.1. The van der Waals surface area contributed by atoms with Crippen LogP contribution in [-0.2, 0) is 23.7 Å². The highest BCUT2D eigenvalue weighted by Gasteiger charge is 2.51. The van der Waals surface area contributed by atoms with E-state index in [1.807, 2.05) is 6.08 Å². The van der Waals surface area contributed by atoms with Crippen LogP contribution in [0.2, 0.25) is 0 Å². The molecule has 2 aliphatic rings. The molecule has 0 radical (unpaired) electrons. The van der Waals surface area contributed by atoms with E-state index in [1.165, 1.54) is 64.2 Å². The van der Waals surface area contributed by atoms with Crippen molar-refractivity contribution in [2.75, 3.05) is 19.8 Å². The van der Waals surface area contributed by atoms with Crippen molar-refractivity contribution in [3.8, 4) is 0 Å². The Labute approximate surface area is 507 Å². The molecule has 2 saturated heterocycles. The number of hydrogen-bond acceptors (Lipinski definition) is 13. The normalized spacial score (nSPS) is 24.6. The highest BCUT2D eigenvalue weighted by atomic mass is 16.7. The van der Waals surface area contributed by atoms with Crippen LogP contribution in [0.3, 0.4) is 0 Å². The van der Waals surface area contributed by atoms with E-state index in [1.54, 1.807) is 6.08 Å². The molecule has 0 bridgehead atoms. The van der Waals surface area contributed by atoms with Gasteiger partial charge in [-0.1, -0.05) is 231 Å². The van der Waals surface area contributed by atoms with Crippen LogP contribution in [0.25, 0.3) is 0 Å². The van der Waals surface area contributed by atoms with Gasteiger partial charge in [-0.3, -0.25) is 4.79 Å². The van der Waals surface area contributed by atoms with Crippen LogP contribution in [0.1, 0.15) is 206 Å². The van der Waals surface area contributed by atoms with Crippen molar-refractivity contribution in [1.29, 1.82) is 0 Å². The second kappa shape index (κ2) is 53.4. The maximum absolute atomic E-state index is 13.2. The fourth-order valence-electron chi connectivity index (χ4n) is 9.64. The van der Waals surface area contributed by atoms with Crippen LogP contribution in [0.15, 0.2) is 134 Å². The first kappa shape index (κ1) is 76.2. The van der Waals surface area contributed by atoms with Crippen molar-refractivity contribution in [2.45, 2.75) is 280 Å². The van der Waals surface area contributed by atoms with Crippen molar-refractivity contribution in [2.24, 2.45) is 0 Å². The fraction of sp³-hybridized carbons (Fsp3) is 0.671. The lowest BCUT2D eigenvalue weighted by molar-refractivity contribution is -0.359. The van der Waals surface area contributed by atoms with Crippen molar-refractivity contribution in [3.63, 3.8) is 0 Å². The molecule has 0 saturated carbocycles. The summed E-state index contributed by atoms with van der Waals surface area (Å²) in [5.74, 6) is -0.262. The van der Waals surface area contributed by atoms with E-state index >= 15 is 0 Å². The fourth-order valence-corrected chi connectivity index (χ4v) is 9.64. The largest absolute Gasteiger partial charge is 0.394 e. The molecule has 2 aliphatic heterocycles. The van der Waals surface area contributed by atoms with Gasteiger partial charge in [0, 0.05) is 6.42 Å². The Kier molecular flexibility index (Phi) is 48.4. The number of ether oxygens (including phenoxy) is 4. The number of aliphatic hydroxyl groups excluding tert-OH is 8. The molecular weight excluding hydrogens is 1060 g/mol. The van der Waals surface area contributed by atoms with Gasteiger partial charge >= 0.3 is 0 Å². The maximum atomic E-state index is 13.2. The molecule has 478 valence electrons. The molecule has 1 amide bonds. The summed E-state index contributed by atoms with van der Waals surface area (Å²) in [6.45, 7) is 2.55. The van der Waals surface area contributed by atoms with Crippen LogP contribution in [0, 0.1) is 0 Å². The Morgan fingerprint density at radius 3 is 1.30 bits per heavy atom. The molecule has 0 aromatic rings. The lowest BCUT2D eigenvalue weighted by Crippen LogP contribution is -2.65. The minimum absolute atomic E-state index is 0.261.